The minimum Gasteiger partial charge on any atom is -0.387 e. The first-order chi connectivity index (χ1) is 7.64. The molecule has 0 heterocycles. The number of aliphatic hydroxyl groups is 2. The average molecular weight is 244 g/mol. The maximum Gasteiger partial charge on any atom is 0.0933 e. The van der Waals surface area contributed by atoms with Gasteiger partial charge in [0.25, 0.3) is 0 Å². The van der Waals surface area contributed by atoms with Gasteiger partial charge in [-0.1, -0.05) is 47.5 Å². The van der Waals surface area contributed by atoms with Crippen LogP contribution in [0.25, 0.3) is 0 Å². The third kappa shape index (κ3) is 5.39. The molecule has 2 N–H and O–H groups in total. The zero-order chi connectivity index (χ0) is 13.7. The van der Waals surface area contributed by atoms with Gasteiger partial charge >= 0.3 is 0 Å². The highest BCUT2D eigenvalue weighted by Crippen LogP contribution is 2.37. The lowest BCUT2D eigenvalue weighted by Crippen LogP contribution is -2.53. The lowest BCUT2D eigenvalue weighted by atomic mass is 9.72. The molecule has 0 amide bonds. The van der Waals surface area contributed by atoms with E-state index in [-0.39, 0.29) is 0 Å². The zero-order valence-electron chi connectivity index (χ0n) is 12.6. The van der Waals surface area contributed by atoms with E-state index in [9.17, 15) is 10.2 Å². The average Bonchev–Trinajstić information content (AvgIpc) is 2.11. The van der Waals surface area contributed by atoms with Crippen LogP contribution < -0.4 is 0 Å². The van der Waals surface area contributed by atoms with Crippen LogP contribution in [-0.4, -0.2) is 21.4 Å². The van der Waals surface area contributed by atoms with E-state index in [1.165, 1.54) is 0 Å². The molecule has 2 nitrogen and oxygen atoms in total. The molecule has 0 bridgehead atoms. The van der Waals surface area contributed by atoms with Gasteiger partial charge in [-0.05, 0) is 38.0 Å². The van der Waals surface area contributed by atoms with E-state index >= 15 is 0 Å². The molecule has 2 atom stereocenters. The molecule has 0 aromatic heterocycles. The second kappa shape index (κ2) is 6.75. The highest BCUT2D eigenvalue weighted by atomic mass is 16.4. The van der Waals surface area contributed by atoms with E-state index in [0.29, 0.717) is 31.1 Å². The van der Waals surface area contributed by atoms with E-state index in [1.807, 2.05) is 0 Å². The van der Waals surface area contributed by atoms with Crippen molar-refractivity contribution in [2.45, 2.75) is 84.8 Å². The topological polar surface area (TPSA) is 40.5 Å². The van der Waals surface area contributed by atoms with Gasteiger partial charge in [-0.15, -0.1) is 0 Å². The summed E-state index contributed by atoms with van der Waals surface area (Å²) in [5.41, 5.74) is -1.93. The first-order valence-corrected chi connectivity index (χ1v) is 7.09. The monoisotopic (exact) mass is 244 g/mol. The maximum atomic E-state index is 10.8. The van der Waals surface area contributed by atoms with Crippen LogP contribution in [0.1, 0.15) is 73.6 Å². The standard InChI is InChI=1S/C15H32O2/c1-7-8-9-15(17,11-13(4)5)14(6,16)10-12(2)3/h12-13,16-17H,7-11H2,1-6H3. The summed E-state index contributed by atoms with van der Waals surface area (Å²) in [5.74, 6) is 0.792. The van der Waals surface area contributed by atoms with Gasteiger partial charge in [0.05, 0.1) is 11.2 Å². The van der Waals surface area contributed by atoms with Gasteiger partial charge in [0, 0.05) is 0 Å². The van der Waals surface area contributed by atoms with Crippen LogP contribution in [0.4, 0.5) is 0 Å². The summed E-state index contributed by atoms with van der Waals surface area (Å²) in [7, 11) is 0. The molecule has 0 spiro atoms. The molecule has 0 fully saturated rings. The number of unbranched alkanes of at least 4 members (excludes halogenated alkanes) is 1. The van der Waals surface area contributed by atoms with Gasteiger partial charge in [0.2, 0.25) is 0 Å². The lowest BCUT2D eigenvalue weighted by molar-refractivity contribution is -0.163. The fraction of sp³-hybridized carbons (Fsp3) is 1.00. The zero-order valence-corrected chi connectivity index (χ0v) is 12.6. The molecule has 2 unspecified atom stereocenters. The predicted octanol–water partition coefficient (Wildman–Crippen LogP) is 3.75. The highest BCUT2D eigenvalue weighted by molar-refractivity contribution is 4.97. The fourth-order valence-electron chi connectivity index (χ4n) is 2.72. The minimum absolute atomic E-state index is 0.394. The van der Waals surface area contributed by atoms with Crippen molar-refractivity contribution >= 4 is 0 Å². The molecular formula is C15H32O2. The molecule has 0 saturated carbocycles. The van der Waals surface area contributed by atoms with E-state index in [2.05, 4.69) is 34.6 Å². The van der Waals surface area contributed by atoms with Crippen molar-refractivity contribution in [3.05, 3.63) is 0 Å². The Morgan fingerprint density at radius 2 is 1.41 bits per heavy atom. The predicted molar refractivity (Wildman–Crippen MR) is 74.0 cm³/mol. The Morgan fingerprint density at radius 3 is 1.76 bits per heavy atom. The molecule has 0 saturated heterocycles. The fourth-order valence-corrected chi connectivity index (χ4v) is 2.72. The summed E-state index contributed by atoms with van der Waals surface area (Å²) in [4.78, 5) is 0. The van der Waals surface area contributed by atoms with Crippen molar-refractivity contribution in [3.8, 4) is 0 Å². The Bertz CT molecular complexity index is 209. The van der Waals surface area contributed by atoms with Crippen molar-refractivity contribution in [1.29, 1.82) is 0 Å². The SMILES string of the molecule is CCCCC(O)(CC(C)C)C(C)(O)CC(C)C. The Morgan fingerprint density at radius 1 is 0.941 bits per heavy atom. The second-order valence-corrected chi connectivity index (χ2v) is 6.60. The molecule has 0 radical (unpaired) electrons. The molecule has 17 heavy (non-hydrogen) atoms. The van der Waals surface area contributed by atoms with Crippen LogP contribution in [0.5, 0.6) is 0 Å². The van der Waals surface area contributed by atoms with Crippen LogP contribution in [0.15, 0.2) is 0 Å². The van der Waals surface area contributed by atoms with Crippen molar-refractivity contribution in [3.63, 3.8) is 0 Å². The van der Waals surface area contributed by atoms with Crippen LogP contribution in [0.3, 0.4) is 0 Å². The molecule has 104 valence electrons. The van der Waals surface area contributed by atoms with Gasteiger partial charge in [-0.3, -0.25) is 0 Å². The second-order valence-electron chi connectivity index (χ2n) is 6.60. The number of hydrogen-bond donors (Lipinski definition) is 2. The summed E-state index contributed by atoms with van der Waals surface area (Å²) < 4.78 is 0. The van der Waals surface area contributed by atoms with E-state index in [4.69, 9.17) is 0 Å². The largest absolute Gasteiger partial charge is 0.387 e. The van der Waals surface area contributed by atoms with Gasteiger partial charge in [0.1, 0.15) is 0 Å². The molecule has 0 aromatic rings. The van der Waals surface area contributed by atoms with Crippen LogP contribution in [-0.2, 0) is 0 Å². The smallest absolute Gasteiger partial charge is 0.0933 e. The quantitative estimate of drug-likeness (QED) is 0.682. The van der Waals surface area contributed by atoms with Gasteiger partial charge < -0.3 is 10.2 Å². The van der Waals surface area contributed by atoms with Gasteiger partial charge in [-0.25, -0.2) is 0 Å². The first-order valence-electron chi connectivity index (χ1n) is 7.09. The minimum atomic E-state index is -0.986. The van der Waals surface area contributed by atoms with Crippen molar-refractivity contribution in [2.24, 2.45) is 11.8 Å². The molecule has 0 aliphatic rings. The molecular weight excluding hydrogens is 212 g/mol. The van der Waals surface area contributed by atoms with E-state index < -0.39 is 11.2 Å². The Labute approximate surface area is 107 Å². The summed E-state index contributed by atoms with van der Waals surface area (Å²) in [6.07, 6.45) is 4.05. The van der Waals surface area contributed by atoms with Crippen molar-refractivity contribution in [2.75, 3.05) is 0 Å². The maximum absolute atomic E-state index is 10.8. The molecule has 0 rings (SSSR count). The summed E-state index contributed by atoms with van der Waals surface area (Å²) in [6, 6.07) is 0. The van der Waals surface area contributed by atoms with Gasteiger partial charge in [-0.2, -0.15) is 0 Å². The molecule has 2 heteroatoms. The van der Waals surface area contributed by atoms with E-state index in [1.54, 1.807) is 6.92 Å². The Balaban J connectivity index is 4.86. The third-order valence-corrected chi connectivity index (χ3v) is 3.50. The van der Waals surface area contributed by atoms with Crippen molar-refractivity contribution in [1.82, 2.24) is 0 Å². The van der Waals surface area contributed by atoms with Crippen LogP contribution in [0.2, 0.25) is 0 Å². The van der Waals surface area contributed by atoms with Gasteiger partial charge in [0.15, 0.2) is 0 Å². The third-order valence-electron chi connectivity index (χ3n) is 3.50. The molecule has 0 aromatic carbocycles. The number of rotatable bonds is 8. The molecule has 0 aliphatic heterocycles. The summed E-state index contributed by atoms with van der Waals surface area (Å²) in [5, 5.41) is 21.5. The Kier molecular flexibility index (Phi) is 6.71. The highest BCUT2D eigenvalue weighted by Gasteiger charge is 2.45. The normalized spacial score (nSPS) is 19.4. The lowest BCUT2D eigenvalue weighted by Gasteiger charge is -2.43. The van der Waals surface area contributed by atoms with Crippen molar-refractivity contribution < 1.29 is 10.2 Å². The Hall–Kier alpha value is -0.0800. The molecule has 0 aliphatic carbocycles. The summed E-state index contributed by atoms with van der Waals surface area (Å²) in [6.45, 7) is 12.3. The van der Waals surface area contributed by atoms with E-state index in [0.717, 1.165) is 12.8 Å². The van der Waals surface area contributed by atoms with Crippen LogP contribution >= 0.6 is 0 Å². The van der Waals surface area contributed by atoms with Crippen LogP contribution in [0, 0.1) is 11.8 Å². The first kappa shape index (κ1) is 16.9. The summed E-state index contributed by atoms with van der Waals surface area (Å²) >= 11 is 0. The number of hydrogen-bond acceptors (Lipinski definition) is 2.